The summed E-state index contributed by atoms with van der Waals surface area (Å²) in [6.07, 6.45) is -11.2. The van der Waals surface area contributed by atoms with E-state index in [-0.39, 0.29) is 28.0 Å². The molecule has 1 fully saturated rings. The summed E-state index contributed by atoms with van der Waals surface area (Å²) < 4.78 is 38.9. The summed E-state index contributed by atoms with van der Waals surface area (Å²) in [7, 11) is 1.27. The summed E-state index contributed by atoms with van der Waals surface area (Å²) in [6, 6.07) is 4.21. The molecule has 1 heterocycles. The van der Waals surface area contributed by atoms with Crippen molar-refractivity contribution in [3.8, 4) is 17.2 Å². The van der Waals surface area contributed by atoms with Crippen LogP contribution in [0, 0.1) is 0 Å². The van der Waals surface area contributed by atoms with Crippen molar-refractivity contribution in [2.24, 2.45) is 0 Å². The minimum Gasteiger partial charge on any atom is -0.507 e. The highest BCUT2D eigenvalue weighted by atomic mass is 16.7. The molecule has 0 saturated carbocycles. The first-order valence-corrected chi connectivity index (χ1v) is 16.0. The van der Waals surface area contributed by atoms with Crippen LogP contribution in [0.2, 0.25) is 0 Å². The van der Waals surface area contributed by atoms with Crippen molar-refractivity contribution in [3.63, 3.8) is 0 Å². The minimum absolute atomic E-state index is 0.00867. The number of rotatable bonds is 9. The Balaban J connectivity index is 1.69. The lowest BCUT2D eigenvalue weighted by atomic mass is 9.72. The average molecular weight is 729 g/mol. The van der Waals surface area contributed by atoms with Crippen molar-refractivity contribution in [1.29, 1.82) is 0 Å². The maximum Gasteiger partial charge on any atom is 0.303 e. The molecule has 3 N–H and O–H groups in total. The molecule has 52 heavy (non-hydrogen) atoms. The van der Waals surface area contributed by atoms with Crippen LogP contribution in [0.1, 0.15) is 90.1 Å². The predicted molar refractivity (Wildman–Crippen MR) is 169 cm³/mol. The molecule has 0 radical (unpaired) electrons. The third-order valence-corrected chi connectivity index (χ3v) is 8.98. The second kappa shape index (κ2) is 14.3. The summed E-state index contributed by atoms with van der Waals surface area (Å²) in [6.45, 7) is 4.59. The number of phenolic OH excluding ortho intramolecular Hbond substituents is 2. The van der Waals surface area contributed by atoms with Crippen LogP contribution in [0.3, 0.4) is 0 Å². The molecule has 0 spiro atoms. The van der Waals surface area contributed by atoms with Crippen molar-refractivity contribution >= 4 is 41.2 Å². The number of fused-ring (bicyclic) bond motifs is 3. The molecule has 3 aliphatic rings. The highest BCUT2D eigenvalue weighted by Gasteiger charge is 2.55. The van der Waals surface area contributed by atoms with E-state index in [0.717, 1.165) is 34.6 Å². The van der Waals surface area contributed by atoms with Crippen LogP contribution in [0.4, 0.5) is 0 Å². The fourth-order valence-electron chi connectivity index (χ4n) is 6.76. The fraction of sp³-hybridized carbons (Fsp3) is 0.457. The van der Waals surface area contributed by atoms with Gasteiger partial charge < -0.3 is 48.5 Å². The molecule has 0 bridgehead atoms. The Hall–Kier alpha value is -5.39. The van der Waals surface area contributed by atoms with Gasteiger partial charge in [-0.3, -0.25) is 33.6 Å². The molecule has 2 aliphatic carbocycles. The lowest BCUT2D eigenvalue weighted by Crippen LogP contribution is -2.63. The van der Waals surface area contributed by atoms with E-state index in [0.29, 0.717) is 0 Å². The van der Waals surface area contributed by atoms with Gasteiger partial charge in [-0.25, -0.2) is 0 Å². The van der Waals surface area contributed by atoms with Crippen LogP contribution in [0.5, 0.6) is 17.2 Å². The molecule has 5 rings (SSSR count). The Morgan fingerprint density at radius 1 is 0.808 bits per heavy atom. The van der Waals surface area contributed by atoms with Crippen molar-refractivity contribution < 1.29 is 82.0 Å². The van der Waals surface area contributed by atoms with Crippen molar-refractivity contribution in [2.75, 3.05) is 13.7 Å². The van der Waals surface area contributed by atoms with Crippen LogP contribution in [0.25, 0.3) is 0 Å². The van der Waals surface area contributed by atoms with Gasteiger partial charge in [-0.15, -0.1) is 0 Å². The maximum atomic E-state index is 14.0. The largest absolute Gasteiger partial charge is 0.507 e. The number of phenols is 2. The Morgan fingerprint density at radius 3 is 1.98 bits per heavy atom. The Labute approximate surface area is 295 Å². The number of ketones is 3. The van der Waals surface area contributed by atoms with Gasteiger partial charge >= 0.3 is 23.9 Å². The zero-order chi connectivity index (χ0) is 38.4. The molecule has 0 amide bonds. The number of aliphatic hydroxyl groups is 1. The van der Waals surface area contributed by atoms with Gasteiger partial charge in [0.05, 0.1) is 29.9 Å². The van der Waals surface area contributed by atoms with Gasteiger partial charge in [-0.2, -0.15) is 0 Å². The molecular formula is C35H36O17. The number of hydrogen-bond acceptors (Lipinski definition) is 17. The van der Waals surface area contributed by atoms with E-state index in [9.17, 15) is 48.9 Å². The standard InChI is InChI=1S/C35H36O17/c1-13(36)35(45)10-19-24(30(44)26-25(28(19)42)27(41)18-8-7-9-20(46-6)23(18)29(26)43)21(11-35)51-34-33(50-17(5)40)32(49-16(4)39)31(48-15(3)38)22(52-34)12-47-14(2)37/h7-9,21-22,31-34,42,44-45H,10-12H2,1-6H3/t21-,22-,31+,32+,33+,34-,35+/m0/s1. The topological polar surface area (TPSA) is 245 Å². The van der Waals surface area contributed by atoms with E-state index in [4.69, 9.17) is 33.2 Å². The van der Waals surface area contributed by atoms with Crippen LogP contribution in [0.15, 0.2) is 18.2 Å². The second-order valence-electron chi connectivity index (χ2n) is 12.5. The quantitative estimate of drug-likeness (QED) is 0.160. The Bertz CT molecular complexity index is 1880. The zero-order valence-electron chi connectivity index (χ0n) is 28.9. The maximum absolute atomic E-state index is 14.0. The SMILES string of the molecule is COc1cccc2c1C(=O)c1c(O)c3c(c(O)c1C2=O)C[C@](O)(C(C)=O)C[C@@H]3O[C@H]1O[C@@H](COC(C)=O)[C@@H](OC(C)=O)[C@@H](OC(C)=O)[C@H]1OC(C)=O. The zero-order valence-corrected chi connectivity index (χ0v) is 28.9. The van der Waals surface area contributed by atoms with Gasteiger partial charge in [-0.1, -0.05) is 12.1 Å². The van der Waals surface area contributed by atoms with Crippen molar-refractivity contribution in [3.05, 3.63) is 51.6 Å². The average Bonchev–Trinajstić information content (AvgIpc) is 3.05. The van der Waals surface area contributed by atoms with Crippen molar-refractivity contribution in [2.45, 2.75) is 89.9 Å². The number of methoxy groups -OCH3 is 1. The number of esters is 4. The molecule has 1 aliphatic heterocycles. The first-order chi connectivity index (χ1) is 24.4. The van der Waals surface area contributed by atoms with Crippen LogP contribution < -0.4 is 4.74 Å². The molecule has 2 aromatic carbocycles. The summed E-state index contributed by atoms with van der Waals surface area (Å²) in [4.78, 5) is 89.3. The first kappa shape index (κ1) is 37.9. The van der Waals surface area contributed by atoms with E-state index in [1.165, 1.54) is 25.3 Å². The third kappa shape index (κ3) is 6.81. The number of Topliss-reactive ketones (excluding diaryl/α,β-unsaturated/α-hetero) is 1. The smallest absolute Gasteiger partial charge is 0.303 e. The summed E-state index contributed by atoms with van der Waals surface area (Å²) in [5, 5.41) is 35.0. The van der Waals surface area contributed by atoms with E-state index in [1.807, 2.05) is 0 Å². The minimum atomic E-state index is -2.29. The van der Waals surface area contributed by atoms with Gasteiger partial charge in [0.15, 0.2) is 36.2 Å². The normalized spacial score (nSPS) is 26.2. The van der Waals surface area contributed by atoms with E-state index in [1.54, 1.807) is 0 Å². The molecule has 1 saturated heterocycles. The molecule has 0 unspecified atom stereocenters. The lowest BCUT2D eigenvalue weighted by Gasteiger charge is -2.46. The predicted octanol–water partition coefficient (Wildman–Crippen LogP) is 1.29. The third-order valence-electron chi connectivity index (χ3n) is 8.98. The molecule has 17 nitrogen and oxygen atoms in total. The number of ether oxygens (including phenoxy) is 7. The summed E-state index contributed by atoms with van der Waals surface area (Å²) >= 11 is 0. The molecule has 7 atom stereocenters. The molecule has 278 valence electrons. The van der Waals surface area contributed by atoms with E-state index < -0.39 is 126 Å². The molecular weight excluding hydrogens is 692 g/mol. The van der Waals surface area contributed by atoms with Crippen LogP contribution >= 0.6 is 0 Å². The van der Waals surface area contributed by atoms with E-state index in [2.05, 4.69) is 0 Å². The molecule has 17 heteroatoms. The van der Waals surface area contributed by atoms with Crippen molar-refractivity contribution in [1.82, 2.24) is 0 Å². The Kier molecular flexibility index (Phi) is 10.4. The first-order valence-electron chi connectivity index (χ1n) is 16.0. The van der Waals surface area contributed by atoms with Gasteiger partial charge in [0.25, 0.3) is 0 Å². The Morgan fingerprint density at radius 2 is 1.40 bits per heavy atom. The number of carbonyl (C=O) groups excluding carboxylic acids is 7. The van der Waals surface area contributed by atoms with Crippen LogP contribution in [-0.2, 0) is 58.8 Å². The monoisotopic (exact) mass is 728 g/mol. The number of aromatic hydroxyl groups is 2. The van der Waals surface area contributed by atoms with Gasteiger partial charge in [0, 0.05) is 57.2 Å². The summed E-state index contributed by atoms with van der Waals surface area (Å²) in [5.41, 5.74) is -4.45. The van der Waals surface area contributed by atoms with Gasteiger partial charge in [0.2, 0.25) is 5.78 Å². The van der Waals surface area contributed by atoms with Gasteiger partial charge in [0.1, 0.15) is 35.6 Å². The highest BCUT2D eigenvalue weighted by molar-refractivity contribution is 6.31. The number of carbonyl (C=O) groups is 7. The second-order valence-corrected chi connectivity index (χ2v) is 12.5. The number of hydrogen-bond donors (Lipinski definition) is 3. The number of benzene rings is 2. The summed E-state index contributed by atoms with van der Waals surface area (Å²) in [5.74, 6) is -7.72. The fourth-order valence-corrected chi connectivity index (χ4v) is 6.76. The molecule has 0 aromatic heterocycles. The van der Waals surface area contributed by atoms with E-state index >= 15 is 0 Å². The lowest BCUT2D eigenvalue weighted by molar-refractivity contribution is -0.320. The van der Waals surface area contributed by atoms with Crippen LogP contribution in [-0.4, -0.2) is 107 Å². The molecule has 2 aromatic rings. The highest BCUT2D eigenvalue weighted by Crippen LogP contribution is 2.52. The van der Waals surface area contributed by atoms with Gasteiger partial charge in [-0.05, 0) is 13.0 Å².